The quantitative estimate of drug-likeness (QED) is 0.148. The number of hydrogen-bond acceptors (Lipinski definition) is 6. The summed E-state index contributed by atoms with van der Waals surface area (Å²) >= 11 is 7.26. The molecule has 5 aromatic rings. The second-order valence-electron chi connectivity index (χ2n) is 14.0. The first-order chi connectivity index (χ1) is 24.3. The lowest BCUT2D eigenvalue weighted by Crippen LogP contribution is -2.66. The van der Waals surface area contributed by atoms with Gasteiger partial charge in [0.15, 0.2) is 0 Å². The number of carbonyl (C=O) groups is 2. The highest BCUT2D eigenvalue weighted by Gasteiger charge is 2.50. The Hall–Kier alpha value is -4.48. The average molecular weight is 740 g/mol. The van der Waals surface area contributed by atoms with Gasteiger partial charge in [-0.15, -0.1) is 11.3 Å². The molecular formula is C40H42ClN3O5SSi. The van der Waals surface area contributed by atoms with E-state index in [9.17, 15) is 14.4 Å². The number of ether oxygens (including phenoxy) is 1. The number of nitrogens with zero attached hydrogens (tertiary/aromatic N) is 2. The second kappa shape index (κ2) is 14.6. The number of halogens is 1. The predicted molar refractivity (Wildman–Crippen MR) is 208 cm³/mol. The third kappa shape index (κ3) is 7.19. The molecule has 2 amide bonds. The van der Waals surface area contributed by atoms with Crippen molar-refractivity contribution in [3.05, 3.63) is 139 Å². The molecule has 0 spiro atoms. The molecule has 0 aliphatic carbocycles. The average Bonchev–Trinajstić information content (AvgIpc) is 3.65. The molecule has 11 heteroatoms. The van der Waals surface area contributed by atoms with Crippen molar-refractivity contribution in [1.82, 2.24) is 4.57 Å². The first-order valence-corrected chi connectivity index (χ1v) is 20.0. The maximum Gasteiger partial charge on any atom is 0.414 e. The van der Waals surface area contributed by atoms with Crippen molar-refractivity contribution in [3.8, 4) is 5.69 Å². The number of rotatable bonds is 11. The van der Waals surface area contributed by atoms with Gasteiger partial charge in [-0.25, -0.2) is 4.79 Å². The van der Waals surface area contributed by atoms with Gasteiger partial charge in [-0.1, -0.05) is 99.1 Å². The normalized spacial score (nSPS) is 14.9. The molecule has 0 bridgehead atoms. The molecule has 1 aliphatic heterocycles. The van der Waals surface area contributed by atoms with Crippen molar-refractivity contribution in [2.75, 3.05) is 18.1 Å². The lowest BCUT2D eigenvalue weighted by atomic mass is 10.1. The molecule has 1 saturated heterocycles. The molecule has 51 heavy (non-hydrogen) atoms. The summed E-state index contributed by atoms with van der Waals surface area (Å²) in [6, 6.07) is 30.2. The van der Waals surface area contributed by atoms with Crippen molar-refractivity contribution >= 4 is 59.3 Å². The maximum absolute atomic E-state index is 14.0. The van der Waals surface area contributed by atoms with Crippen LogP contribution >= 0.6 is 22.9 Å². The van der Waals surface area contributed by atoms with Crippen molar-refractivity contribution < 1.29 is 18.8 Å². The topological polar surface area (TPSA) is 104 Å². The largest absolute Gasteiger partial charge is 0.444 e. The van der Waals surface area contributed by atoms with Gasteiger partial charge in [-0.2, -0.15) is 0 Å². The van der Waals surface area contributed by atoms with Crippen LogP contribution in [0.5, 0.6) is 0 Å². The van der Waals surface area contributed by atoms with Gasteiger partial charge in [-0.05, 0) is 76.6 Å². The van der Waals surface area contributed by atoms with Crippen molar-refractivity contribution in [2.24, 2.45) is 5.73 Å². The number of amides is 2. The Bertz CT molecular complexity index is 2070. The monoisotopic (exact) mass is 739 g/mol. The molecule has 2 N–H and O–H groups in total. The minimum atomic E-state index is -2.75. The highest BCUT2D eigenvalue weighted by Crippen LogP contribution is 2.37. The summed E-state index contributed by atoms with van der Waals surface area (Å²) in [6.07, 6.45) is 1.60. The van der Waals surface area contributed by atoms with E-state index in [4.69, 9.17) is 26.5 Å². The van der Waals surface area contributed by atoms with Crippen LogP contribution in [-0.4, -0.2) is 44.1 Å². The number of aromatic nitrogens is 1. The molecule has 3 heterocycles. The van der Waals surface area contributed by atoms with E-state index in [1.54, 1.807) is 21.7 Å². The SMILES string of the molecule is Cc1cc(N2C[C@H](Cc3cc(Cl)sc3C(N)=O)OC2=O)cc(C)c1-n1cccc(CCO[Si](c2ccccc2)(c2ccccc2)C(C)(C)C)c1=O. The lowest BCUT2D eigenvalue weighted by molar-refractivity contribution is 0.100. The molecular weight excluding hydrogens is 698 g/mol. The number of anilines is 1. The summed E-state index contributed by atoms with van der Waals surface area (Å²) in [5, 5.41) is 2.22. The Morgan fingerprint density at radius 3 is 2.12 bits per heavy atom. The zero-order valence-corrected chi connectivity index (χ0v) is 32.0. The maximum atomic E-state index is 14.0. The summed E-state index contributed by atoms with van der Waals surface area (Å²) in [4.78, 5) is 40.9. The zero-order valence-electron chi connectivity index (χ0n) is 29.4. The first-order valence-electron chi connectivity index (χ1n) is 16.9. The molecule has 2 aromatic heterocycles. The van der Waals surface area contributed by atoms with Gasteiger partial charge < -0.3 is 14.9 Å². The molecule has 6 rings (SSSR count). The lowest BCUT2D eigenvalue weighted by Gasteiger charge is -2.43. The van der Waals surface area contributed by atoms with Crippen LogP contribution in [0.4, 0.5) is 10.5 Å². The number of primary amides is 1. The van der Waals surface area contributed by atoms with Gasteiger partial charge in [0.2, 0.25) is 0 Å². The second-order valence-corrected chi connectivity index (χ2v) is 20.0. The van der Waals surface area contributed by atoms with Crippen LogP contribution < -0.4 is 26.6 Å². The number of nitrogens with two attached hydrogens (primary N) is 1. The van der Waals surface area contributed by atoms with Crippen LogP contribution in [0.25, 0.3) is 5.69 Å². The number of benzene rings is 3. The highest BCUT2D eigenvalue weighted by atomic mass is 35.5. The van der Waals surface area contributed by atoms with E-state index >= 15 is 0 Å². The molecule has 1 fully saturated rings. The van der Waals surface area contributed by atoms with Gasteiger partial charge in [0.25, 0.3) is 19.8 Å². The van der Waals surface area contributed by atoms with E-state index in [1.165, 1.54) is 10.4 Å². The Morgan fingerprint density at radius 1 is 0.941 bits per heavy atom. The minimum absolute atomic E-state index is 0.108. The fourth-order valence-electron chi connectivity index (χ4n) is 7.29. The molecule has 0 saturated carbocycles. The third-order valence-electron chi connectivity index (χ3n) is 9.49. The summed E-state index contributed by atoms with van der Waals surface area (Å²) in [5.74, 6) is -0.559. The third-order valence-corrected chi connectivity index (χ3v) is 15.8. The van der Waals surface area contributed by atoms with E-state index in [1.807, 2.05) is 50.2 Å². The molecule has 0 unspecified atom stereocenters. The number of carbonyl (C=O) groups excluding carboxylic acids is 2. The summed E-state index contributed by atoms with van der Waals surface area (Å²) in [6.45, 7) is 11.3. The van der Waals surface area contributed by atoms with Gasteiger partial charge in [0, 0.05) is 30.5 Å². The van der Waals surface area contributed by atoms with Gasteiger partial charge in [0.05, 0.1) is 21.4 Å². The van der Waals surface area contributed by atoms with Gasteiger partial charge in [-0.3, -0.25) is 19.1 Å². The zero-order chi connectivity index (χ0) is 36.5. The van der Waals surface area contributed by atoms with Gasteiger partial charge in [0.1, 0.15) is 6.10 Å². The molecule has 264 valence electrons. The van der Waals surface area contributed by atoms with Crippen LogP contribution in [0.3, 0.4) is 0 Å². The summed E-state index contributed by atoms with van der Waals surface area (Å²) < 4.78 is 14.9. The Kier molecular flexibility index (Phi) is 10.4. The standard InChI is InChI=1S/C40H42ClN3O5SSi/c1-26-21-30(44-25-31(49-39(44)47)23-29-24-34(41)50-36(29)37(42)45)22-27(2)35(26)43-19-12-13-28(38(43)46)18-20-48-51(40(3,4)5,32-14-8-6-9-15-32)33-16-10-7-11-17-33/h6-17,19,21-22,24,31H,18,20,23,25H2,1-5H3,(H2,42,45)/t31-/m0/s1. The first kappa shape index (κ1) is 36.3. The van der Waals surface area contributed by atoms with Crippen molar-refractivity contribution in [2.45, 2.75) is 58.6 Å². The van der Waals surface area contributed by atoms with E-state index in [0.29, 0.717) is 52.0 Å². The fraction of sp³-hybridized carbons (Fsp3) is 0.275. The van der Waals surface area contributed by atoms with Crippen LogP contribution in [0.15, 0.2) is 102 Å². The van der Waals surface area contributed by atoms with Crippen molar-refractivity contribution in [1.29, 1.82) is 0 Å². The molecule has 3 aromatic carbocycles. The smallest absolute Gasteiger partial charge is 0.414 e. The fourth-order valence-corrected chi connectivity index (χ4v) is 13.0. The number of aryl methyl sites for hydroxylation is 2. The van der Waals surface area contributed by atoms with Crippen LogP contribution in [0.1, 0.15) is 52.7 Å². The summed E-state index contributed by atoms with van der Waals surface area (Å²) in [7, 11) is -2.75. The number of cyclic esters (lactones) is 1. The van der Waals surface area contributed by atoms with Crippen LogP contribution in [-0.2, 0) is 22.0 Å². The van der Waals surface area contributed by atoms with Crippen LogP contribution in [0.2, 0.25) is 9.37 Å². The predicted octanol–water partition coefficient (Wildman–Crippen LogP) is 6.96. The highest BCUT2D eigenvalue weighted by molar-refractivity contribution is 7.18. The van der Waals surface area contributed by atoms with Crippen molar-refractivity contribution in [3.63, 3.8) is 0 Å². The molecule has 0 radical (unpaired) electrons. The summed E-state index contributed by atoms with van der Waals surface area (Å²) in [5.41, 5.74) is 9.85. The van der Waals surface area contributed by atoms with Gasteiger partial charge >= 0.3 is 6.09 Å². The van der Waals surface area contributed by atoms with E-state index in [2.05, 4.69) is 69.3 Å². The number of pyridine rings is 1. The van der Waals surface area contributed by atoms with E-state index < -0.39 is 26.4 Å². The number of thiophene rings is 1. The Morgan fingerprint density at radius 2 is 1.55 bits per heavy atom. The Labute approximate surface area is 308 Å². The van der Waals surface area contributed by atoms with E-state index in [-0.39, 0.29) is 10.6 Å². The minimum Gasteiger partial charge on any atom is -0.444 e. The molecule has 1 aliphatic rings. The number of hydrogen-bond donors (Lipinski definition) is 1. The van der Waals surface area contributed by atoms with Crippen LogP contribution in [0, 0.1) is 13.8 Å². The molecule has 1 atom stereocenters. The Balaban J connectivity index is 1.23. The van der Waals surface area contributed by atoms with E-state index in [0.717, 1.165) is 28.2 Å². The molecule has 8 nitrogen and oxygen atoms in total.